The molecule has 0 aliphatic heterocycles. The van der Waals surface area contributed by atoms with Crippen molar-refractivity contribution in [1.29, 1.82) is 0 Å². The summed E-state index contributed by atoms with van der Waals surface area (Å²) < 4.78 is 1.45. The molecular weight excluding hydrogens is 400 g/mol. The second-order valence-electron chi connectivity index (χ2n) is 6.70. The molecule has 2 amide bonds. The lowest BCUT2D eigenvalue weighted by Gasteiger charge is -2.11. The Labute approximate surface area is 169 Å². The Bertz CT molecular complexity index is 1200. The van der Waals surface area contributed by atoms with Crippen LogP contribution in [-0.2, 0) is 19.9 Å². The van der Waals surface area contributed by atoms with Crippen molar-refractivity contribution in [3.8, 4) is 0 Å². The minimum absolute atomic E-state index is 0.265. The van der Waals surface area contributed by atoms with Gasteiger partial charge in [-0.25, -0.2) is 0 Å². The van der Waals surface area contributed by atoms with Gasteiger partial charge in [0.05, 0.1) is 16.5 Å². The molecule has 1 aliphatic carbocycles. The average molecular weight is 417 g/mol. The third-order valence-electron chi connectivity index (χ3n) is 4.88. The molecule has 9 heteroatoms. The SMILES string of the molecule is Cn1nc(C(=O)Nc2sc3c(c2C(N)=O)CCCC3)c(=O)c2cc(Cl)ccc21. The second-order valence-corrected chi connectivity index (χ2v) is 8.24. The van der Waals surface area contributed by atoms with E-state index in [0.717, 1.165) is 36.1 Å². The standard InChI is InChI=1S/C19H17ClN4O3S/c1-24-12-7-6-9(20)8-11(12)16(25)15(23-24)18(27)22-19-14(17(21)26)10-4-2-3-5-13(10)28-19/h6-8H,2-5H2,1H3,(H2,21,26)(H,22,27). The number of carbonyl (C=O) groups is 2. The Balaban J connectivity index is 1.78. The van der Waals surface area contributed by atoms with Crippen LogP contribution in [0.15, 0.2) is 23.0 Å². The number of fused-ring (bicyclic) bond motifs is 2. The van der Waals surface area contributed by atoms with E-state index in [-0.39, 0.29) is 5.69 Å². The summed E-state index contributed by atoms with van der Waals surface area (Å²) in [6, 6.07) is 4.84. The number of carbonyl (C=O) groups excluding carboxylic acids is 2. The summed E-state index contributed by atoms with van der Waals surface area (Å²) in [5.74, 6) is -1.26. The number of amides is 2. The molecule has 0 bridgehead atoms. The van der Waals surface area contributed by atoms with Gasteiger partial charge in [0.2, 0.25) is 5.43 Å². The number of rotatable bonds is 3. The van der Waals surface area contributed by atoms with Crippen LogP contribution in [0.3, 0.4) is 0 Å². The summed E-state index contributed by atoms with van der Waals surface area (Å²) in [6.07, 6.45) is 3.62. The Morgan fingerprint density at radius 3 is 2.79 bits per heavy atom. The van der Waals surface area contributed by atoms with Crippen LogP contribution in [0.2, 0.25) is 5.02 Å². The normalized spacial score (nSPS) is 13.4. The number of halogens is 1. The minimum Gasteiger partial charge on any atom is -0.365 e. The maximum Gasteiger partial charge on any atom is 0.280 e. The van der Waals surface area contributed by atoms with E-state index in [0.29, 0.717) is 26.5 Å². The van der Waals surface area contributed by atoms with Gasteiger partial charge in [-0.1, -0.05) is 11.6 Å². The minimum atomic E-state index is -0.677. The summed E-state index contributed by atoms with van der Waals surface area (Å²) in [5.41, 5.74) is 6.59. The van der Waals surface area contributed by atoms with E-state index in [9.17, 15) is 14.4 Å². The maximum absolute atomic E-state index is 12.8. The molecule has 2 aromatic heterocycles. The molecule has 0 saturated carbocycles. The highest BCUT2D eigenvalue weighted by atomic mass is 35.5. The van der Waals surface area contributed by atoms with Crippen molar-refractivity contribution in [2.45, 2.75) is 25.7 Å². The lowest BCUT2D eigenvalue weighted by Crippen LogP contribution is -2.27. The fourth-order valence-electron chi connectivity index (χ4n) is 3.57. The number of anilines is 1. The van der Waals surface area contributed by atoms with Crippen LogP contribution in [0, 0.1) is 0 Å². The van der Waals surface area contributed by atoms with Gasteiger partial charge in [0.25, 0.3) is 11.8 Å². The summed E-state index contributed by atoms with van der Waals surface area (Å²) in [5, 5.41) is 7.87. The van der Waals surface area contributed by atoms with Crippen LogP contribution in [0.4, 0.5) is 5.00 Å². The van der Waals surface area contributed by atoms with E-state index in [1.54, 1.807) is 19.2 Å². The number of nitrogens with one attached hydrogen (secondary N) is 1. The molecule has 1 aliphatic rings. The van der Waals surface area contributed by atoms with Gasteiger partial charge >= 0.3 is 0 Å². The third-order valence-corrected chi connectivity index (χ3v) is 6.32. The Morgan fingerprint density at radius 2 is 2.04 bits per heavy atom. The first kappa shape index (κ1) is 18.6. The Hall–Kier alpha value is -2.71. The van der Waals surface area contributed by atoms with Gasteiger partial charge in [0, 0.05) is 16.9 Å². The van der Waals surface area contributed by atoms with E-state index in [2.05, 4.69) is 10.4 Å². The van der Waals surface area contributed by atoms with Gasteiger partial charge in [0.1, 0.15) is 5.00 Å². The van der Waals surface area contributed by atoms with Crippen molar-refractivity contribution in [1.82, 2.24) is 9.78 Å². The van der Waals surface area contributed by atoms with Crippen LogP contribution in [-0.4, -0.2) is 21.6 Å². The van der Waals surface area contributed by atoms with Crippen molar-refractivity contribution < 1.29 is 9.59 Å². The molecule has 3 aromatic rings. The van der Waals surface area contributed by atoms with Crippen molar-refractivity contribution in [2.75, 3.05) is 5.32 Å². The molecule has 144 valence electrons. The number of nitrogens with two attached hydrogens (primary N) is 1. The molecule has 0 spiro atoms. The number of aromatic nitrogens is 2. The topological polar surface area (TPSA) is 107 Å². The van der Waals surface area contributed by atoms with Gasteiger partial charge in [0.15, 0.2) is 5.69 Å². The first-order chi connectivity index (χ1) is 13.4. The highest BCUT2D eigenvalue weighted by molar-refractivity contribution is 7.17. The number of thiophene rings is 1. The molecule has 0 saturated heterocycles. The van der Waals surface area contributed by atoms with Gasteiger partial charge in [-0.15, -0.1) is 11.3 Å². The highest BCUT2D eigenvalue weighted by Gasteiger charge is 2.26. The average Bonchev–Trinajstić information content (AvgIpc) is 3.02. The van der Waals surface area contributed by atoms with E-state index < -0.39 is 17.2 Å². The molecule has 2 heterocycles. The van der Waals surface area contributed by atoms with Crippen molar-refractivity contribution in [2.24, 2.45) is 12.8 Å². The predicted molar refractivity (Wildman–Crippen MR) is 109 cm³/mol. The number of benzene rings is 1. The molecular formula is C19H17ClN4O3S. The molecule has 4 rings (SSSR count). The maximum atomic E-state index is 12.8. The Morgan fingerprint density at radius 1 is 1.29 bits per heavy atom. The van der Waals surface area contributed by atoms with Crippen LogP contribution in [0.1, 0.15) is 44.1 Å². The molecule has 1 aromatic carbocycles. The molecule has 0 unspecified atom stereocenters. The van der Waals surface area contributed by atoms with E-state index in [1.807, 2.05) is 0 Å². The first-order valence-electron chi connectivity index (χ1n) is 8.79. The summed E-state index contributed by atoms with van der Waals surface area (Å²) in [7, 11) is 1.64. The zero-order chi connectivity index (χ0) is 20.0. The molecule has 28 heavy (non-hydrogen) atoms. The molecule has 0 atom stereocenters. The molecule has 0 fully saturated rings. The molecule has 3 N–H and O–H groups in total. The zero-order valence-electron chi connectivity index (χ0n) is 15.0. The first-order valence-corrected chi connectivity index (χ1v) is 9.98. The number of nitrogens with zero attached hydrogens (tertiary/aromatic N) is 2. The number of hydrogen-bond donors (Lipinski definition) is 2. The largest absolute Gasteiger partial charge is 0.365 e. The smallest absolute Gasteiger partial charge is 0.280 e. The van der Waals surface area contributed by atoms with Gasteiger partial charge < -0.3 is 11.1 Å². The second kappa shape index (κ2) is 7.03. The fourth-order valence-corrected chi connectivity index (χ4v) is 5.04. The zero-order valence-corrected chi connectivity index (χ0v) is 16.6. The highest BCUT2D eigenvalue weighted by Crippen LogP contribution is 2.38. The van der Waals surface area contributed by atoms with Crippen LogP contribution >= 0.6 is 22.9 Å². The monoisotopic (exact) mass is 416 g/mol. The lowest BCUT2D eigenvalue weighted by molar-refractivity contribution is 0.100. The molecule has 0 radical (unpaired) electrons. The van der Waals surface area contributed by atoms with E-state index in [1.165, 1.54) is 22.1 Å². The summed E-state index contributed by atoms with van der Waals surface area (Å²) >= 11 is 7.34. The number of hydrogen-bond acceptors (Lipinski definition) is 5. The lowest BCUT2D eigenvalue weighted by atomic mass is 9.95. The quantitative estimate of drug-likeness (QED) is 0.684. The van der Waals surface area contributed by atoms with Crippen LogP contribution in [0.25, 0.3) is 10.9 Å². The third kappa shape index (κ3) is 3.08. The van der Waals surface area contributed by atoms with Crippen molar-refractivity contribution >= 4 is 50.7 Å². The van der Waals surface area contributed by atoms with E-state index in [4.69, 9.17) is 17.3 Å². The van der Waals surface area contributed by atoms with Crippen LogP contribution in [0.5, 0.6) is 0 Å². The van der Waals surface area contributed by atoms with E-state index >= 15 is 0 Å². The van der Waals surface area contributed by atoms with Gasteiger partial charge in [-0.3, -0.25) is 19.1 Å². The fraction of sp³-hybridized carbons (Fsp3) is 0.263. The van der Waals surface area contributed by atoms with Crippen LogP contribution < -0.4 is 16.5 Å². The molecule has 7 nitrogen and oxygen atoms in total. The number of primary amides is 1. The summed E-state index contributed by atoms with van der Waals surface area (Å²) in [4.78, 5) is 38.7. The summed E-state index contributed by atoms with van der Waals surface area (Å²) in [6.45, 7) is 0. The van der Waals surface area contributed by atoms with Gasteiger partial charge in [-0.2, -0.15) is 5.10 Å². The predicted octanol–water partition coefficient (Wildman–Crippen LogP) is 2.88. The van der Waals surface area contributed by atoms with Crippen molar-refractivity contribution in [3.05, 3.63) is 55.1 Å². The number of aryl methyl sites for hydroxylation is 2. The Kier molecular flexibility index (Phi) is 4.68. The van der Waals surface area contributed by atoms with Crippen molar-refractivity contribution in [3.63, 3.8) is 0 Å². The van der Waals surface area contributed by atoms with Gasteiger partial charge in [-0.05, 0) is 49.4 Å².